The number of carbonyl (C=O) groups excluding carboxylic acids is 2. The van der Waals surface area contributed by atoms with E-state index in [0.717, 1.165) is 17.3 Å². The number of fused-ring (bicyclic) bond motifs is 1. The number of aromatic nitrogens is 3. The van der Waals surface area contributed by atoms with Crippen LogP contribution in [0.25, 0.3) is 0 Å². The molecule has 1 saturated heterocycles. The summed E-state index contributed by atoms with van der Waals surface area (Å²) >= 11 is 2.59. The van der Waals surface area contributed by atoms with Crippen molar-refractivity contribution in [2.24, 2.45) is 12.0 Å². The van der Waals surface area contributed by atoms with Crippen LogP contribution in [0.5, 0.6) is 11.5 Å². The molecule has 41 heavy (non-hydrogen) atoms. The number of aromatic hydroxyl groups is 1. The Hall–Kier alpha value is -4.30. The molecule has 2 unspecified atom stereocenters. The second kappa shape index (κ2) is 12.1. The van der Waals surface area contributed by atoms with E-state index in [2.05, 4.69) is 15.1 Å². The van der Waals surface area contributed by atoms with Gasteiger partial charge in [-0.15, -0.1) is 11.8 Å². The zero-order valence-corrected chi connectivity index (χ0v) is 23.6. The van der Waals surface area contributed by atoms with Crippen LogP contribution in [0.1, 0.15) is 11.1 Å². The van der Waals surface area contributed by atoms with E-state index in [1.807, 2.05) is 0 Å². The highest BCUT2D eigenvalue weighted by molar-refractivity contribution is 8.01. The molecule has 0 radical (unpaired) electrons. The Kier molecular flexibility index (Phi) is 8.31. The molecule has 2 aliphatic rings. The molecule has 3 heterocycles. The normalized spacial score (nSPS) is 18.3. The van der Waals surface area contributed by atoms with Crippen LogP contribution in [-0.2, 0) is 28.0 Å². The molecule has 14 heteroatoms. The lowest BCUT2D eigenvalue weighted by molar-refractivity contribution is -0.151. The first-order valence-corrected chi connectivity index (χ1v) is 14.4. The highest BCUT2D eigenvalue weighted by Gasteiger charge is 2.53. The number of carbonyl (C=O) groups is 2. The molecule has 0 aliphatic carbocycles. The Morgan fingerprint density at radius 3 is 2.71 bits per heavy atom. The van der Waals surface area contributed by atoms with Crippen molar-refractivity contribution in [2.75, 3.05) is 18.6 Å². The molecule has 1 aromatic heterocycles. The number of phenolic OH excluding ortho intramolecular Hbond substituents is 1. The number of phenols is 1. The third kappa shape index (κ3) is 5.93. The van der Waals surface area contributed by atoms with Crippen molar-refractivity contribution in [1.82, 2.24) is 19.7 Å². The maximum Gasteiger partial charge on any atom is 0.355 e. The summed E-state index contributed by atoms with van der Waals surface area (Å²) in [7, 11) is 3.11. The Bertz CT molecular complexity index is 1670. The van der Waals surface area contributed by atoms with Gasteiger partial charge >= 0.3 is 17.1 Å². The topological polar surface area (TPSA) is 156 Å². The maximum atomic E-state index is 13.4. The van der Waals surface area contributed by atoms with Gasteiger partial charge in [-0.1, -0.05) is 36.0 Å². The summed E-state index contributed by atoms with van der Waals surface area (Å²) < 4.78 is 12.1. The molecule has 2 aromatic carbocycles. The summed E-state index contributed by atoms with van der Waals surface area (Å²) in [6, 6.07) is 13.0. The number of methoxy groups -OCH3 is 1. The van der Waals surface area contributed by atoms with E-state index in [9.17, 15) is 24.3 Å². The van der Waals surface area contributed by atoms with E-state index in [0.29, 0.717) is 22.6 Å². The molecule has 1 fully saturated rings. The number of esters is 1. The van der Waals surface area contributed by atoms with Crippen molar-refractivity contribution < 1.29 is 24.2 Å². The van der Waals surface area contributed by atoms with Crippen LogP contribution in [0.2, 0.25) is 0 Å². The largest absolute Gasteiger partial charge is 0.507 e. The molecule has 12 nitrogen and oxygen atoms in total. The van der Waals surface area contributed by atoms with Crippen LogP contribution in [0.3, 0.4) is 0 Å². The first-order chi connectivity index (χ1) is 19.8. The van der Waals surface area contributed by atoms with Gasteiger partial charge < -0.3 is 14.6 Å². The lowest BCUT2D eigenvalue weighted by atomic mass is 10.0. The summed E-state index contributed by atoms with van der Waals surface area (Å²) in [6.07, 6.45) is 1.45. The van der Waals surface area contributed by atoms with E-state index in [1.165, 1.54) is 33.6 Å². The molecular formula is C27H25N5O7S2. The molecule has 5 rings (SSSR count). The highest BCUT2D eigenvalue weighted by Crippen LogP contribution is 2.43. The second-order valence-corrected chi connectivity index (χ2v) is 11.1. The smallest absolute Gasteiger partial charge is 0.355 e. The molecule has 0 saturated carbocycles. The van der Waals surface area contributed by atoms with Gasteiger partial charge in [0.25, 0.3) is 5.91 Å². The van der Waals surface area contributed by atoms with Crippen LogP contribution in [0.15, 0.2) is 79.5 Å². The molecule has 0 bridgehead atoms. The summed E-state index contributed by atoms with van der Waals surface area (Å²) in [5.74, 6) is 0.288. The first-order valence-electron chi connectivity index (χ1n) is 12.3. The maximum absolute atomic E-state index is 13.4. The molecular weight excluding hydrogens is 570 g/mol. The number of para-hydroxylation sites is 1. The van der Waals surface area contributed by atoms with Gasteiger partial charge in [0.15, 0.2) is 11.2 Å². The Balaban J connectivity index is 1.39. The predicted octanol–water partition coefficient (Wildman–Crippen LogP) is 1.68. The monoisotopic (exact) mass is 595 g/mol. The minimum absolute atomic E-state index is 0.0164. The van der Waals surface area contributed by atoms with Gasteiger partial charge in [-0.2, -0.15) is 4.98 Å². The van der Waals surface area contributed by atoms with Gasteiger partial charge in [-0.05, 0) is 35.4 Å². The van der Waals surface area contributed by atoms with Crippen molar-refractivity contribution in [3.63, 3.8) is 0 Å². The van der Waals surface area contributed by atoms with Crippen LogP contribution in [0.4, 0.5) is 0 Å². The standard InChI is InChI=1S/C27H25N5O7S2/c1-31-27(29-22(34)23(35)30-31)41-14-17-13-40-25-20(28-11-16-5-3-4-6-19(16)33)24(36)32(25)21(17)26(37)39-12-15-7-9-18(38-2)10-8-15/h3-11,20,25,33H,12-14H2,1-2H3,(H,30,35). The number of aliphatic imine (C=N–C) groups is 1. The minimum Gasteiger partial charge on any atom is -0.507 e. The molecule has 2 atom stereocenters. The SMILES string of the molecule is COc1ccc(COC(=O)C2=C(CSc3nc(=O)c(=O)[nH]n3C)CSC3C(N=Cc4ccccc4O)C(=O)N23)cc1. The summed E-state index contributed by atoms with van der Waals surface area (Å²) in [5, 5.41) is 12.2. The number of ether oxygens (including phenoxy) is 2. The van der Waals surface area contributed by atoms with Gasteiger partial charge in [-0.25, -0.2) is 4.79 Å². The predicted molar refractivity (Wildman–Crippen MR) is 153 cm³/mol. The van der Waals surface area contributed by atoms with Crippen LogP contribution < -0.4 is 15.9 Å². The third-order valence-electron chi connectivity index (χ3n) is 6.38. The Morgan fingerprint density at radius 2 is 1.98 bits per heavy atom. The quantitative estimate of drug-likeness (QED) is 0.123. The average Bonchev–Trinajstić information content (AvgIpc) is 2.97. The van der Waals surface area contributed by atoms with Gasteiger partial charge in [-0.3, -0.25) is 34.1 Å². The number of aryl methyl sites for hydroxylation is 1. The zero-order chi connectivity index (χ0) is 29.1. The summed E-state index contributed by atoms with van der Waals surface area (Å²) in [4.78, 5) is 59.7. The molecule has 1 amide bonds. The van der Waals surface area contributed by atoms with Crippen molar-refractivity contribution in [3.05, 3.63) is 91.6 Å². The van der Waals surface area contributed by atoms with Crippen molar-refractivity contribution in [1.29, 1.82) is 0 Å². The molecule has 0 spiro atoms. The lowest BCUT2D eigenvalue weighted by Gasteiger charge is -2.48. The van der Waals surface area contributed by atoms with Crippen LogP contribution in [-0.4, -0.2) is 72.9 Å². The van der Waals surface area contributed by atoms with Crippen molar-refractivity contribution in [3.8, 4) is 11.5 Å². The first kappa shape index (κ1) is 28.2. The Morgan fingerprint density at radius 1 is 1.22 bits per heavy atom. The minimum atomic E-state index is -0.917. The molecule has 2 N–H and O–H groups in total. The number of hydrogen-bond donors (Lipinski definition) is 2. The number of β-lactam (4-membered cyclic amide) rings is 1. The third-order valence-corrected chi connectivity index (χ3v) is 8.82. The number of hydrogen-bond acceptors (Lipinski definition) is 11. The number of H-pyrrole nitrogens is 1. The van der Waals surface area contributed by atoms with E-state index >= 15 is 0 Å². The zero-order valence-electron chi connectivity index (χ0n) is 22.0. The number of nitrogens with zero attached hydrogens (tertiary/aromatic N) is 4. The van der Waals surface area contributed by atoms with Gasteiger partial charge in [0.2, 0.25) is 0 Å². The fourth-order valence-corrected chi connectivity index (χ4v) is 6.60. The van der Waals surface area contributed by atoms with E-state index in [4.69, 9.17) is 9.47 Å². The van der Waals surface area contributed by atoms with Crippen LogP contribution in [0, 0.1) is 0 Å². The average molecular weight is 596 g/mol. The number of amides is 1. The lowest BCUT2D eigenvalue weighted by Crippen LogP contribution is -2.64. The van der Waals surface area contributed by atoms with E-state index in [-0.39, 0.29) is 34.9 Å². The van der Waals surface area contributed by atoms with Gasteiger partial charge in [0, 0.05) is 30.3 Å². The van der Waals surface area contributed by atoms with Gasteiger partial charge in [0.1, 0.15) is 29.2 Å². The van der Waals surface area contributed by atoms with Gasteiger partial charge in [0.05, 0.1) is 7.11 Å². The fraction of sp³-hybridized carbons (Fsp3) is 0.259. The highest BCUT2D eigenvalue weighted by atomic mass is 32.2. The number of aromatic amines is 1. The Labute approximate surface area is 242 Å². The number of thioether (sulfide) groups is 2. The number of rotatable bonds is 9. The second-order valence-electron chi connectivity index (χ2n) is 9.06. The molecule has 2 aliphatic heterocycles. The summed E-state index contributed by atoms with van der Waals surface area (Å²) in [5.41, 5.74) is 0.211. The van der Waals surface area contributed by atoms with Crippen molar-refractivity contribution in [2.45, 2.75) is 23.2 Å². The summed E-state index contributed by atoms with van der Waals surface area (Å²) in [6.45, 7) is -0.0164. The fourth-order valence-electron chi connectivity index (χ4n) is 4.20. The van der Waals surface area contributed by atoms with Crippen LogP contribution >= 0.6 is 23.5 Å². The number of benzene rings is 2. The van der Waals surface area contributed by atoms with E-state index < -0.39 is 28.5 Å². The molecule has 212 valence electrons. The molecule has 3 aromatic rings. The number of nitrogens with one attached hydrogen (secondary N) is 1. The van der Waals surface area contributed by atoms with Crippen molar-refractivity contribution >= 4 is 41.6 Å². The van der Waals surface area contributed by atoms with E-state index in [1.54, 1.807) is 56.6 Å².